The maximum absolute atomic E-state index is 12.3. The molecule has 1 unspecified atom stereocenters. The summed E-state index contributed by atoms with van der Waals surface area (Å²) in [6.07, 6.45) is 0.475. The van der Waals surface area contributed by atoms with Crippen LogP contribution < -0.4 is 0 Å². The highest BCUT2D eigenvalue weighted by Crippen LogP contribution is 2.30. The van der Waals surface area contributed by atoms with Gasteiger partial charge in [-0.15, -0.1) is 11.3 Å². The fourth-order valence-corrected chi connectivity index (χ4v) is 2.84. The van der Waals surface area contributed by atoms with E-state index in [1.165, 1.54) is 16.9 Å². The van der Waals surface area contributed by atoms with Crippen LogP contribution in [-0.2, 0) is 11.2 Å². The third kappa shape index (κ3) is 1.92. The van der Waals surface area contributed by atoms with Gasteiger partial charge in [-0.05, 0) is 29.0 Å². The van der Waals surface area contributed by atoms with Crippen LogP contribution in [-0.4, -0.2) is 12.4 Å². The summed E-state index contributed by atoms with van der Waals surface area (Å²) >= 11 is 1.47. The first-order valence-electron chi connectivity index (χ1n) is 5.63. The molecular weight excluding hydrogens is 232 g/mol. The van der Waals surface area contributed by atoms with E-state index in [2.05, 4.69) is 6.07 Å². The second kappa shape index (κ2) is 4.43. The molecule has 0 fully saturated rings. The van der Waals surface area contributed by atoms with Crippen molar-refractivity contribution in [2.24, 2.45) is 0 Å². The summed E-state index contributed by atoms with van der Waals surface area (Å²) in [5, 5.41) is 1.92. The Morgan fingerprint density at radius 1 is 1.24 bits per heavy atom. The average molecular weight is 244 g/mol. The molecule has 3 rings (SSSR count). The summed E-state index contributed by atoms with van der Waals surface area (Å²) in [6, 6.07) is 11.8. The molecular formula is C14H12O2S. The molecule has 0 radical (unpaired) electrons. The molecule has 0 aliphatic carbocycles. The molecule has 86 valence electrons. The topological polar surface area (TPSA) is 26.3 Å². The quantitative estimate of drug-likeness (QED) is 0.758. The monoisotopic (exact) mass is 244 g/mol. The highest BCUT2D eigenvalue weighted by Gasteiger charge is 2.28. The number of carbonyl (C=O) groups excluding carboxylic acids is 1. The predicted molar refractivity (Wildman–Crippen MR) is 67.5 cm³/mol. The molecule has 1 aromatic carbocycles. The Hall–Kier alpha value is -1.45. The lowest BCUT2D eigenvalue weighted by Gasteiger charge is -2.24. The molecule has 0 amide bonds. The molecule has 0 bridgehead atoms. The van der Waals surface area contributed by atoms with Gasteiger partial charge in [0, 0.05) is 0 Å². The fraction of sp³-hybridized carbons (Fsp3) is 0.214. The van der Waals surface area contributed by atoms with Crippen LogP contribution in [0.5, 0.6) is 0 Å². The average Bonchev–Trinajstić information content (AvgIpc) is 2.91. The highest BCUT2D eigenvalue weighted by atomic mass is 32.1. The standard InChI is InChI=1S/C14H12O2S/c15-13(12-6-3-9-17-12)14-11-5-2-1-4-10(11)7-8-16-14/h1-6,9,14H,7-8H2. The molecule has 1 aliphatic heterocycles. The number of thiophene rings is 1. The van der Waals surface area contributed by atoms with Crippen molar-refractivity contribution in [2.75, 3.05) is 6.61 Å². The van der Waals surface area contributed by atoms with Crippen LogP contribution in [0.2, 0.25) is 0 Å². The van der Waals surface area contributed by atoms with Crippen LogP contribution in [0, 0.1) is 0 Å². The van der Waals surface area contributed by atoms with Gasteiger partial charge < -0.3 is 4.74 Å². The van der Waals surface area contributed by atoms with Crippen molar-refractivity contribution in [2.45, 2.75) is 12.5 Å². The molecule has 0 saturated carbocycles. The number of ether oxygens (including phenoxy) is 1. The molecule has 0 N–H and O–H groups in total. The number of ketones is 1. The lowest BCUT2D eigenvalue weighted by atomic mass is 9.95. The second-order valence-electron chi connectivity index (χ2n) is 4.04. The Balaban J connectivity index is 1.98. The van der Waals surface area contributed by atoms with Crippen LogP contribution in [0.3, 0.4) is 0 Å². The molecule has 3 heteroatoms. The highest BCUT2D eigenvalue weighted by molar-refractivity contribution is 7.12. The van der Waals surface area contributed by atoms with Gasteiger partial charge in [0.25, 0.3) is 0 Å². The lowest BCUT2D eigenvalue weighted by Crippen LogP contribution is -2.22. The molecule has 0 saturated heterocycles. The van der Waals surface area contributed by atoms with Gasteiger partial charge in [0.15, 0.2) is 0 Å². The van der Waals surface area contributed by atoms with E-state index >= 15 is 0 Å². The number of carbonyl (C=O) groups is 1. The van der Waals surface area contributed by atoms with Gasteiger partial charge in [-0.1, -0.05) is 30.3 Å². The number of hydrogen-bond acceptors (Lipinski definition) is 3. The molecule has 1 aliphatic rings. The molecule has 17 heavy (non-hydrogen) atoms. The minimum absolute atomic E-state index is 0.0761. The molecule has 1 aromatic heterocycles. The lowest BCUT2D eigenvalue weighted by molar-refractivity contribution is 0.0352. The van der Waals surface area contributed by atoms with E-state index in [4.69, 9.17) is 4.74 Å². The Bertz CT molecular complexity index is 531. The first-order valence-corrected chi connectivity index (χ1v) is 6.51. The van der Waals surface area contributed by atoms with E-state index < -0.39 is 6.10 Å². The number of fused-ring (bicyclic) bond motifs is 1. The van der Waals surface area contributed by atoms with E-state index in [1.54, 1.807) is 0 Å². The van der Waals surface area contributed by atoms with Crippen LogP contribution in [0.1, 0.15) is 26.9 Å². The summed E-state index contributed by atoms with van der Waals surface area (Å²) in [5.74, 6) is 0.0761. The minimum Gasteiger partial charge on any atom is -0.365 e. The van der Waals surface area contributed by atoms with Gasteiger partial charge in [0.1, 0.15) is 6.10 Å². The molecule has 2 nitrogen and oxygen atoms in total. The van der Waals surface area contributed by atoms with E-state index in [0.29, 0.717) is 6.61 Å². The normalized spacial score (nSPS) is 18.7. The van der Waals surface area contributed by atoms with Crippen molar-refractivity contribution in [3.8, 4) is 0 Å². The van der Waals surface area contributed by atoms with Crippen molar-refractivity contribution < 1.29 is 9.53 Å². The van der Waals surface area contributed by atoms with Crippen LogP contribution in [0.15, 0.2) is 41.8 Å². The van der Waals surface area contributed by atoms with Gasteiger partial charge in [0.2, 0.25) is 5.78 Å². The fourth-order valence-electron chi connectivity index (χ4n) is 2.16. The van der Waals surface area contributed by atoms with Crippen molar-refractivity contribution in [3.63, 3.8) is 0 Å². The molecule has 1 atom stereocenters. The van der Waals surface area contributed by atoms with Gasteiger partial charge in [-0.2, -0.15) is 0 Å². The van der Waals surface area contributed by atoms with Crippen molar-refractivity contribution in [1.29, 1.82) is 0 Å². The Labute approximate surface area is 104 Å². The third-order valence-electron chi connectivity index (χ3n) is 3.00. The molecule has 0 spiro atoms. The van der Waals surface area contributed by atoms with Gasteiger partial charge >= 0.3 is 0 Å². The van der Waals surface area contributed by atoms with Crippen LogP contribution in [0.25, 0.3) is 0 Å². The van der Waals surface area contributed by atoms with Crippen LogP contribution in [0.4, 0.5) is 0 Å². The number of hydrogen-bond donors (Lipinski definition) is 0. The SMILES string of the molecule is O=C(c1cccs1)C1OCCc2ccccc21. The first kappa shape index (κ1) is 10.7. The van der Waals surface area contributed by atoms with Gasteiger partial charge in [0.05, 0.1) is 11.5 Å². The van der Waals surface area contributed by atoms with Gasteiger partial charge in [-0.3, -0.25) is 4.79 Å². The predicted octanol–water partition coefficient (Wildman–Crippen LogP) is 3.24. The maximum Gasteiger partial charge on any atom is 0.206 e. The summed E-state index contributed by atoms with van der Waals surface area (Å²) in [4.78, 5) is 13.1. The number of benzene rings is 1. The molecule has 2 heterocycles. The maximum atomic E-state index is 12.3. The Kier molecular flexibility index (Phi) is 2.79. The van der Waals surface area contributed by atoms with E-state index in [0.717, 1.165) is 16.9 Å². The summed E-state index contributed by atoms with van der Waals surface area (Å²) in [7, 11) is 0. The summed E-state index contributed by atoms with van der Waals surface area (Å²) in [6.45, 7) is 0.624. The number of Topliss-reactive ketones (excluding diaryl/α,β-unsaturated/α-hetero) is 1. The van der Waals surface area contributed by atoms with Crippen LogP contribution >= 0.6 is 11.3 Å². The molecule has 2 aromatic rings. The van der Waals surface area contributed by atoms with Crippen molar-refractivity contribution >= 4 is 17.1 Å². The zero-order valence-electron chi connectivity index (χ0n) is 9.26. The van der Waals surface area contributed by atoms with E-state index in [-0.39, 0.29) is 5.78 Å². The summed E-state index contributed by atoms with van der Waals surface area (Å²) < 4.78 is 5.65. The Morgan fingerprint density at radius 3 is 2.94 bits per heavy atom. The smallest absolute Gasteiger partial charge is 0.206 e. The zero-order chi connectivity index (χ0) is 11.7. The summed E-state index contributed by atoms with van der Waals surface area (Å²) in [5.41, 5.74) is 2.26. The first-order chi connectivity index (χ1) is 8.36. The van der Waals surface area contributed by atoms with E-state index in [1.807, 2.05) is 35.7 Å². The van der Waals surface area contributed by atoms with Gasteiger partial charge in [-0.25, -0.2) is 0 Å². The zero-order valence-corrected chi connectivity index (χ0v) is 10.1. The van der Waals surface area contributed by atoms with Crippen molar-refractivity contribution in [1.82, 2.24) is 0 Å². The van der Waals surface area contributed by atoms with Crippen molar-refractivity contribution in [3.05, 3.63) is 57.8 Å². The third-order valence-corrected chi connectivity index (χ3v) is 3.88. The Morgan fingerprint density at radius 2 is 2.12 bits per heavy atom. The number of rotatable bonds is 2. The van der Waals surface area contributed by atoms with E-state index in [9.17, 15) is 4.79 Å². The largest absolute Gasteiger partial charge is 0.365 e. The minimum atomic E-state index is -0.418. The second-order valence-corrected chi connectivity index (χ2v) is 4.99.